The normalized spacial score (nSPS) is 35.9. The van der Waals surface area contributed by atoms with Gasteiger partial charge in [0, 0.05) is 19.8 Å². The predicted molar refractivity (Wildman–Crippen MR) is 58.3 cm³/mol. The molecule has 0 aliphatic carbocycles. The van der Waals surface area contributed by atoms with E-state index >= 15 is 0 Å². The molecule has 4 atom stereocenters. The van der Waals surface area contributed by atoms with Crippen LogP contribution >= 0.6 is 0 Å². The van der Waals surface area contributed by atoms with Crippen LogP contribution in [0.2, 0.25) is 0 Å². The van der Waals surface area contributed by atoms with Crippen LogP contribution in [0.15, 0.2) is 12.3 Å². The molecule has 88 valence electrons. The van der Waals surface area contributed by atoms with E-state index in [0.29, 0.717) is 5.70 Å². The first kappa shape index (κ1) is 12.5. The zero-order chi connectivity index (χ0) is 11.7. The highest BCUT2D eigenvalue weighted by Gasteiger charge is 2.45. The fourth-order valence-electron chi connectivity index (χ4n) is 1.79. The van der Waals surface area contributed by atoms with Crippen molar-refractivity contribution in [2.45, 2.75) is 38.3 Å². The Morgan fingerprint density at radius 2 is 1.80 bits per heavy atom. The molecule has 0 aromatic rings. The summed E-state index contributed by atoms with van der Waals surface area (Å²) >= 11 is 0. The Bertz CT molecular complexity index is 240. The molecule has 15 heavy (non-hydrogen) atoms. The van der Waals surface area contributed by atoms with Crippen molar-refractivity contribution in [1.29, 1.82) is 0 Å². The molecule has 0 amide bonds. The summed E-state index contributed by atoms with van der Waals surface area (Å²) in [6, 6.07) is 0. The summed E-state index contributed by atoms with van der Waals surface area (Å²) in [4.78, 5) is 1.79. The Balaban J connectivity index is 2.75. The molecule has 0 aromatic carbocycles. The quantitative estimate of drug-likeness (QED) is 0.706. The third kappa shape index (κ3) is 2.33. The fourth-order valence-corrected chi connectivity index (χ4v) is 1.79. The largest absolute Gasteiger partial charge is 0.388 e. The van der Waals surface area contributed by atoms with Gasteiger partial charge < -0.3 is 19.8 Å². The van der Waals surface area contributed by atoms with E-state index in [-0.39, 0.29) is 12.0 Å². The van der Waals surface area contributed by atoms with Crippen molar-refractivity contribution in [1.82, 2.24) is 4.90 Å². The minimum Gasteiger partial charge on any atom is -0.388 e. The maximum absolute atomic E-state index is 9.83. The Kier molecular flexibility index (Phi) is 3.76. The van der Waals surface area contributed by atoms with E-state index in [1.165, 1.54) is 0 Å². The van der Waals surface area contributed by atoms with Crippen LogP contribution in [0.5, 0.6) is 0 Å². The van der Waals surface area contributed by atoms with Gasteiger partial charge in [-0.15, -0.1) is 0 Å². The molecule has 1 heterocycles. The van der Waals surface area contributed by atoms with Crippen molar-refractivity contribution in [3.63, 3.8) is 0 Å². The highest BCUT2D eigenvalue weighted by Crippen LogP contribution is 2.30. The summed E-state index contributed by atoms with van der Waals surface area (Å²) in [7, 11) is 3.68. The number of likely N-dealkylation sites (N-methyl/N-ethyl adjacent to an activating group) is 1. The lowest BCUT2D eigenvalue weighted by Gasteiger charge is -2.24. The van der Waals surface area contributed by atoms with Crippen LogP contribution in [0.25, 0.3) is 0 Å². The minimum atomic E-state index is -0.882. The van der Waals surface area contributed by atoms with Gasteiger partial charge in [-0.1, -0.05) is 20.4 Å². The van der Waals surface area contributed by atoms with Crippen molar-refractivity contribution in [2.24, 2.45) is 5.92 Å². The summed E-state index contributed by atoms with van der Waals surface area (Å²) in [5.41, 5.74) is 0.685. The molecule has 2 unspecified atom stereocenters. The molecule has 0 saturated carbocycles. The van der Waals surface area contributed by atoms with Crippen molar-refractivity contribution in [2.75, 3.05) is 14.1 Å². The predicted octanol–water partition coefficient (Wildman–Crippen LogP) is 0.207. The van der Waals surface area contributed by atoms with E-state index in [4.69, 9.17) is 4.74 Å². The summed E-state index contributed by atoms with van der Waals surface area (Å²) in [5, 5.41) is 19.6. The van der Waals surface area contributed by atoms with Gasteiger partial charge in [0.05, 0.1) is 6.10 Å². The van der Waals surface area contributed by atoms with E-state index < -0.39 is 18.3 Å². The highest BCUT2D eigenvalue weighted by atomic mass is 16.5. The number of nitrogens with zero attached hydrogens (tertiary/aromatic N) is 1. The highest BCUT2D eigenvalue weighted by molar-refractivity contribution is 5.09. The molecule has 1 rings (SSSR count). The Labute approximate surface area is 91.2 Å². The van der Waals surface area contributed by atoms with Gasteiger partial charge in [0.15, 0.2) is 0 Å². The van der Waals surface area contributed by atoms with Crippen LogP contribution in [-0.2, 0) is 4.74 Å². The molecule has 0 spiro atoms. The van der Waals surface area contributed by atoms with E-state index in [2.05, 4.69) is 6.58 Å². The average Bonchev–Trinajstić information content (AvgIpc) is 2.43. The zero-order valence-corrected chi connectivity index (χ0v) is 9.84. The van der Waals surface area contributed by atoms with Crippen LogP contribution in [0.3, 0.4) is 0 Å². The van der Waals surface area contributed by atoms with Crippen molar-refractivity contribution in [3.05, 3.63) is 12.3 Å². The van der Waals surface area contributed by atoms with Crippen molar-refractivity contribution < 1.29 is 14.9 Å². The number of ether oxygens (including phenoxy) is 1. The summed E-state index contributed by atoms with van der Waals surface area (Å²) in [6.45, 7) is 7.76. The second-order valence-corrected chi connectivity index (χ2v) is 4.63. The monoisotopic (exact) mass is 215 g/mol. The van der Waals surface area contributed by atoms with Crippen molar-refractivity contribution >= 4 is 0 Å². The smallest absolute Gasteiger partial charge is 0.125 e. The molecule has 1 aliphatic rings. The summed E-state index contributed by atoms with van der Waals surface area (Å²) in [5.74, 6) is 0.176. The minimum absolute atomic E-state index is 0.176. The standard InChI is InChI=1S/C11H21NO3/c1-6(2)10-8(13)9(14)11(15-10)7(3)12(4)5/h6,8-11,13-14H,3H2,1-2,4-5H3/t8?,9?,10-,11+/m0/s1. The molecule has 0 aromatic heterocycles. The lowest BCUT2D eigenvalue weighted by atomic mass is 9.99. The zero-order valence-electron chi connectivity index (χ0n) is 9.84. The van der Waals surface area contributed by atoms with Gasteiger partial charge in [-0.25, -0.2) is 0 Å². The molecule has 4 nitrogen and oxygen atoms in total. The molecule has 4 heteroatoms. The fraction of sp³-hybridized carbons (Fsp3) is 0.818. The SMILES string of the molecule is C=C([C@H]1O[C@@H](C(C)C)C(O)C1O)N(C)C. The number of aliphatic hydroxyl groups excluding tert-OH is 2. The number of hydrogen-bond donors (Lipinski definition) is 2. The van der Waals surface area contributed by atoms with Crippen LogP contribution < -0.4 is 0 Å². The summed E-state index contributed by atoms with van der Waals surface area (Å²) < 4.78 is 5.63. The number of hydrogen-bond acceptors (Lipinski definition) is 4. The maximum Gasteiger partial charge on any atom is 0.125 e. The van der Waals surface area contributed by atoms with Gasteiger partial charge in [0.25, 0.3) is 0 Å². The average molecular weight is 215 g/mol. The van der Waals surface area contributed by atoms with Gasteiger partial charge in [-0.3, -0.25) is 0 Å². The van der Waals surface area contributed by atoms with Gasteiger partial charge >= 0.3 is 0 Å². The molecule has 0 radical (unpaired) electrons. The van der Waals surface area contributed by atoms with Gasteiger partial charge in [0.2, 0.25) is 0 Å². The molecule has 1 fully saturated rings. The first-order valence-corrected chi connectivity index (χ1v) is 5.24. The molecular formula is C11H21NO3. The van der Waals surface area contributed by atoms with Crippen LogP contribution in [0.4, 0.5) is 0 Å². The van der Waals surface area contributed by atoms with E-state index in [1.807, 2.05) is 27.9 Å². The van der Waals surface area contributed by atoms with Gasteiger partial charge in [-0.2, -0.15) is 0 Å². The van der Waals surface area contributed by atoms with Crippen molar-refractivity contribution in [3.8, 4) is 0 Å². The topological polar surface area (TPSA) is 52.9 Å². The lowest BCUT2D eigenvalue weighted by molar-refractivity contribution is -0.0117. The third-order valence-electron chi connectivity index (χ3n) is 2.86. The first-order chi connectivity index (χ1) is 6.86. The number of rotatable bonds is 3. The first-order valence-electron chi connectivity index (χ1n) is 5.24. The van der Waals surface area contributed by atoms with E-state index in [0.717, 1.165) is 0 Å². The molecule has 0 bridgehead atoms. The maximum atomic E-state index is 9.83. The molecular weight excluding hydrogens is 194 g/mol. The van der Waals surface area contributed by atoms with Crippen LogP contribution in [0, 0.1) is 5.92 Å². The molecule has 2 N–H and O–H groups in total. The van der Waals surface area contributed by atoms with Crippen LogP contribution in [0.1, 0.15) is 13.8 Å². The lowest BCUT2D eigenvalue weighted by Crippen LogP contribution is -2.36. The Hall–Kier alpha value is -0.580. The van der Waals surface area contributed by atoms with E-state index in [9.17, 15) is 10.2 Å². The van der Waals surface area contributed by atoms with Gasteiger partial charge in [0.1, 0.15) is 18.3 Å². The van der Waals surface area contributed by atoms with Crippen LogP contribution in [-0.4, -0.2) is 53.6 Å². The molecule has 1 saturated heterocycles. The number of aliphatic hydroxyl groups is 2. The summed E-state index contributed by atoms with van der Waals surface area (Å²) in [6.07, 6.45) is -2.52. The second-order valence-electron chi connectivity index (χ2n) is 4.63. The van der Waals surface area contributed by atoms with Gasteiger partial charge in [-0.05, 0) is 5.92 Å². The Morgan fingerprint density at radius 1 is 1.27 bits per heavy atom. The Morgan fingerprint density at radius 3 is 2.13 bits per heavy atom. The second kappa shape index (κ2) is 4.51. The third-order valence-corrected chi connectivity index (χ3v) is 2.86. The molecule has 1 aliphatic heterocycles. The van der Waals surface area contributed by atoms with E-state index in [1.54, 1.807) is 4.90 Å².